The number of rotatable bonds is 11. The standard InChI is InChI=1S/C27H30N6O6S/c1-31-24-23(25(35)32(2)27(31)36)33(13-12-17-6-9-19(37-3)10-7-17)26(29-24)40-16-22(34)30-28-15-18-8-11-20(38-4)21(14-18)39-5/h6-11,14-15H,12-13,16H2,1-5H3,(H,30,34)/b28-15-. The Morgan fingerprint density at radius 2 is 1.73 bits per heavy atom. The van der Waals surface area contributed by atoms with Crippen molar-refractivity contribution in [2.75, 3.05) is 27.1 Å². The van der Waals surface area contributed by atoms with Gasteiger partial charge in [0, 0.05) is 20.6 Å². The Morgan fingerprint density at radius 1 is 1.00 bits per heavy atom. The maximum Gasteiger partial charge on any atom is 0.332 e. The number of aromatic nitrogens is 4. The second kappa shape index (κ2) is 12.6. The van der Waals surface area contributed by atoms with Crippen molar-refractivity contribution in [3.05, 3.63) is 74.4 Å². The van der Waals surface area contributed by atoms with Crippen LogP contribution < -0.4 is 30.9 Å². The Kier molecular flexibility index (Phi) is 8.94. The van der Waals surface area contributed by atoms with Crippen molar-refractivity contribution < 1.29 is 19.0 Å². The third kappa shape index (κ3) is 6.04. The molecule has 0 radical (unpaired) electrons. The summed E-state index contributed by atoms with van der Waals surface area (Å²) in [6.45, 7) is 0.414. The summed E-state index contributed by atoms with van der Waals surface area (Å²) in [5, 5.41) is 4.47. The average molecular weight is 567 g/mol. The first-order chi connectivity index (χ1) is 19.3. The molecule has 12 nitrogen and oxygen atoms in total. The Bertz CT molecular complexity index is 1670. The Balaban J connectivity index is 1.53. The number of hydrazone groups is 1. The molecule has 210 valence electrons. The van der Waals surface area contributed by atoms with E-state index in [1.165, 1.54) is 24.9 Å². The first-order valence-corrected chi connectivity index (χ1v) is 13.2. The second-order valence-corrected chi connectivity index (χ2v) is 9.66. The highest BCUT2D eigenvalue weighted by Gasteiger charge is 2.20. The molecule has 13 heteroatoms. The molecule has 0 fully saturated rings. The Morgan fingerprint density at radius 3 is 2.40 bits per heavy atom. The van der Waals surface area contributed by atoms with Gasteiger partial charge in [0.25, 0.3) is 11.5 Å². The normalized spacial score (nSPS) is 11.2. The number of nitrogens with one attached hydrogen (secondary N) is 1. The van der Waals surface area contributed by atoms with Crippen molar-refractivity contribution in [2.24, 2.45) is 19.2 Å². The van der Waals surface area contributed by atoms with Gasteiger partial charge in [0.2, 0.25) is 0 Å². The summed E-state index contributed by atoms with van der Waals surface area (Å²) in [6, 6.07) is 12.9. The van der Waals surface area contributed by atoms with Gasteiger partial charge in [-0.3, -0.25) is 18.7 Å². The molecule has 2 aromatic carbocycles. The number of fused-ring (bicyclic) bond motifs is 1. The number of thioether (sulfide) groups is 1. The Labute approximate surface area is 234 Å². The maximum absolute atomic E-state index is 13.1. The summed E-state index contributed by atoms with van der Waals surface area (Å²) >= 11 is 1.15. The van der Waals surface area contributed by atoms with Crippen LogP contribution in [0.5, 0.6) is 17.2 Å². The number of hydrogen-bond donors (Lipinski definition) is 1. The van der Waals surface area contributed by atoms with Crippen LogP contribution in [0.2, 0.25) is 0 Å². The van der Waals surface area contributed by atoms with E-state index in [2.05, 4.69) is 15.5 Å². The number of amides is 1. The number of hydrogen-bond acceptors (Lipinski definition) is 9. The van der Waals surface area contributed by atoms with Crippen molar-refractivity contribution in [3.8, 4) is 17.2 Å². The largest absolute Gasteiger partial charge is 0.497 e. The molecule has 0 aliphatic rings. The first-order valence-electron chi connectivity index (χ1n) is 12.2. The number of benzene rings is 2. The quantitative estimate of drug-likeness (QED) is 0.166. The molecule has 2 heterocycles. The minimum atomic E-state index is -0.476. The fourth-order valence-corrected chi connectivity index (χ4v) is 4.87. The highest BCUT2D eigenvalue weighted by atomic mass is 32.2. The molecule has 0 aliphatic carbocycles. The van der Waals surface area contributed by atoms with Crippen molar-refractivity contribution in [2.45, 2.75) is 18.1 Å². The lowest BCUT2D eigenvalue weighted by Crippen LogP contribution is -2.37. The van der Waals surface area contributed by atoms with Gasteiger partial charge < -0.3 is 18.8 Å². The molecule has 0 spiro atoms. The van der Waals surface area contributed by atoms with E-state index >= 15 is 0 Å². The van der Waals surface area contributed by atoms with Gasteiger partial charge in [0.05, 0.1) is 33.3 Å². The van der Waals surface area contributed by atoms with Crippen molar-refractivity contribution >= 4 is 35.0 Å². The van der Waals surface area contributed by atoms with Crippen LogP contribution in [0.3, 0.4) is 0 Å². The smallest absolute Gasteiger partial charge is 0.332 e. The highest BCUT2D eigenvalue weighted by Crippen LogP contribution is 2.27. The second-order valence-electron chi connectivity index (χ2n) is 8.72. The van der Waals surface area contributed by atoms with E-state index in [4.69, 9.17) is 14.2 Å². The van der Waals surface area contributed by atoms with Gasteiger partial charge in [-0.2, -0.15) is 5.10 Å². The number of carbonyl (C=O) groups is 1. The van der Waals surface area contributed by atoms with Crippen LogP contribution in [0.4, 0.5) is 0 Å². The third-order valence-corrected chi connectivity index (χ3v) is 7.22. The van der Waals surface area contributed by atoms with Gasteiger partial charge in [-0.25, -0.2) is 15.2 Å². The monoisotopic (exact) mass is 566 g/mol. The average Bonchev–Trinajstić information content (AvgIpc) is 3.35. The van der Waals surface area contributed by atoms with Crippen LogP contribution in [-0.2, 0) is 31.9 Å². The summed E-state index contributed by atoms with van der Waals surface area (Å²) in [6.07, 6.45) is 2.09. The van der Waals surface area contributed by atoms with E-state index in [0.29, 0.717) is 40.7 Å². The minimum Gasteiger partial charge on any atom is -0.497 e. The zero-order chi connectivity index (χ0) is 28.8. The summed E-state index contributed by atoms with van der Waals surface area (Å²) in [5.74, 6) is 1.50. The number of methoxy groups -OCH3 is 3. The van der Waals surface area contributed by atoms with Crippen molar-refractivity contribution in [1.82, 2.24) is 24.1 Å². The van der Waals surface area contributed by atoms with Gasteiger partial charge in [0.1, 0.15) is 5.75 Å². The molecule has 1 N–H and O–H groups in total. The van der Waals surface area contributed by atoms with Gasteiger partial charge in [0.15, 0.2) is 27.8 Å². The van der Waals surface area contributed by atoms with E-state index in [0.717, 1.165) is 27.6 Å². The van der Waals surface area contributed by atoms with Crippen LogP contribution in [-0.4, -0.2) is 57.9 Å². The number of ether oxygens (including phenoxy) is 3. The highest BCUT2D eigenvalue weighted by molar-refractivity contribution is 7.99. The van der Waals surface area contributed by atoms with E-state index in [-0.39, 0.29) is 17.3 Å². The molecule has 0 saturated heterocycles. The molecule has 40 heavy (non-hydrogen) atoms. The van der Waals surface area contributed by atoms with E-state index in [1.807, 2.05) is 24.3 Å². The molecule has 0 saturated carbocycles. The molecule has 0 atom stereocenters. The van der Waals surface area contributed by atoms with Gasteiger partial charge >= 0.3 is 5.69 Å². The number of aryl methyl sites for hydroxylation is 3. The zero-order valence-corrected chi connectivity index (χ0v) is 23.7. The molecule has 0 unspecified atom stereocenters. The van der Waals surface area contributed by atoms with Gasteiger partial charge in [-0.05, 0) is 47.9 Å². The molecule has 0 bridgehead atoms. The van der Waals surface area contributed by atoms with Crippen LogP contribution in [0, 0.1) is 0 Å². The predicted molar refractivity (Wildman–Crippen MR) is 153 cm³/mol. The molecule has 2 aromatic heterocycles. The SMILES string of the molecule is COc1ccc(CCn2c(SCC(=O)N/N=C\c3ccc(OC)c(OC)c3)nc3c2c(=O)n(C)c(=O)n3C)cc1. The van der Waals surface area contributed by atoms with Crippen LogP contribution in [0.1, 0.15) is 11.1 Å². The lowest BCUT2D eigenvalue weighted by Gasteiger charge is -2.10. The molecular formula is C27H30N6O6S. The number of imidazole rings is 1. The van der Waals surface area contributed by atoms with Crippen LogP contribution in [0.15, 0.2) is 62.3 Å². The van der Waals surface area contributed by atoms with E-state index < -0.39 is 11.2 Å². The summed E-state index contributed by atoms with van der Waals surface area (Å²) in [4.78, 5) is 42.7. The van der Waals surface area contributed by atoms with Crippen LogP contribution in [0.25, 0.3) is 11.2 Å². The number of carbonyl (C=O) groups excluding carboxylic acids is 1. The van der Waals surface area contributed by atoms with Crippen LogP contribution >= 0.6 is 11.8 Å². The van der Waals surface area contributed by atoms with Gasteiger partial charge in [-0.15, -0.1) is 0 Å². The van der Waals surface area contributed by atoms with E-state index in [1.54, 1.807) is 44.0 Å². The third-order valence-electron chi connectivity index (χ3n) is 6.24. The molecule has 4 aromatic rings. The van der Waals surface area contributed by atoms with E-state index in [9.17, 15) is 14.4 Å². The predicted octanol–water partition coefficient (Wildman–Crippen LogP) is 1.94. The Hall–Kier alpha value is -4.52. The lowest BCUT2D eigenvalue weighted by molar-refractivity contribution is -0.118. The molecular weight excluding hydrogens is 536 g/mol. The summed E-state index contributed by atoms with van der Waals surface area (Å²) < 4.78 is 19.9. The maximum atomic E-state index is 13.1. The fraction of sp³-hybridized carbons (Fsp3) is 0.296. The summed E-state index contributed by atoms with van der Waals surface area (Å²) in [7, 11) is 7.69. The molecule has 1 amide bonds. The zero-order valence-electron chi connectivity index (χ0n) is 22.8. The molecule has 4 rings (SSSR count). The topological polar surface area (TPSA) is 131 Å². The van der Waals surface area contributed by atoms with Crippen molar-refractivity contribution in [1.29, 1.82) is 0 Å². The fourth-order valence-electron chi connectivity index (χ4n) is 4.05. The molecule has 0 aliphatic heterocycles. The lowest BCUT2D eigenvalue weighted by atomic mass is 10.1. The minimum absolute atomic E-state index is 0.0105. The number of nitrogens with zero attached hydrogens (tertiary/aromatic N) is 5. The van der Waals surface area contributed by atoms with Crippen molar-refractivity contribution in [3.63, 3.8) is 0 Å². The van der Waals surface area contributed by atoms with Gasteiger partial charge in [-0.1, -0.05) is 23.9 Å². The first kappa shape index (κ1) is 28.5. The summed E-state index contributed by atoms with van der Waals surface area (Å²) in [5.41, 5.74) is 3.87.